The number of benzene rings is 1. The third-order valence-electron chi connectivity index (χ3n) is 5.99. The highest BCUT2D eigenvalue weighted by atomic mass is 32.2. The van der Waals surface area contributed by atoms with Crippen molar-refractivity contribution in [3.8, 4) is 11.5 Å². The second kappa shape index (κ2) is 6.37. The molecule has 0 bridgehead atoms. The summed E-state index contributed by atoms with van der Waals surface area (Å²) >= 11 is 0. The molecular formula is C18H26N2O5S. The van der Waals surface area contributed by atoms with Crippen LogP contribution < -0.4 is 4.74 Å². The first-order chi connectivity index (χ1) is 12.3. The van der Waals surface area contributed by atoms with Crippen molar-refractivity contribution in [2.75, 3.05) is 33.8 Å². The van der Waals surface area contributed by atoms with Gasteiger partial charge >= 0.3 is 0 Å². The van der Waals surface area contributed by atoms with E-state index in [9.17, 15) is 13.5 Å². The molecule has 0 unspecified atom stereocenters. The van der Waals surface area contributed by atoms with Gasteiger partial charge in [0.05, 0.1) is 6.10 Å². The van der Waals surface area contributed by atoms with E-state index in [-0.39, 0.29) is 17.8 Å². The predicted octanol–water partition coefficient (Wildman–Crippen LogP) is 1.89. The lowest BCUT2D eigenvalue weighted by Crippen LogP contribution is -2.58. The van der Waals surface area contributed by atoms with Crippen LogP contribution in [-0.2, 0) is 14.9 Å². The van der Waals surface area contributed by atoms with Gasteiger partial charge in [-0.1, -0.05) is 12.1 Å². The van der Waals surface area contributed by atoms with E-state index in [0.29, 0.717) is 38.3 Å². The van der Waals surface area contributed by atoms with Crippen LogP contribution in [0.4, 0.5) is 0 Å². The van der Waals surface area contributed by atoms with Crippen molar-refractivity contribution in [2.45, 2.75) is 37.4 Å². The third kappa shape index (κ3) is 2.70. The zero-order chi connectivity index (χ0) is 18.5. The summed E-state index contributed by atoms with van der Waals surface area (Å²) in [6.07, 6.45) is 3.05. The molecular weight excluding hydrogens is 356 g/mol. The van der Waals surface area contributed by atoms with Crippen molar-refractivity contribution in [3.05, 3.63) is 23.8 Å². The SMILES string of the molecule is CN(C)S(=O)(=O)N1CCC2(CC1)Oc1c(O)cccc1[C@H]1OCCC[C@@H]12. The summed E-state index contributed by atoms with van der Waals surface area (Å²) in [5.74, 6) is 0.798. The first-order valence-corrected chi connectivity index (χ1v) is 10.5. The van der Waals surface area contributed by atoms with E-state index in [4.69, 9.17) is 9.47 Å². The Morgan fingerprint density at radius 1 is 1.27 bits per heavy atom. The van der Waals surface area contributed by atoms with Crippen LogP contribution >= 0.6 is 0 Å². The van der Waals surface area contributed by atoms with Gasteiger partial charge in [0.25, 0.3) is 10.2 Å². The van der Waals surface area contributed by atoms with Crippen molar-refractivity contribution in [3.63, 3.8) is 0 Å². The second-order valence-corrected chi connectivity index (χ2v) is 9.73. The number of piperidine rings is 1. The molecule has 1 spiro atoms. The van der Waals surface area contributed by atoms with Gasteiger partial charge < -0.3 is 14.6 Å². The molecule has 0 radical (unpaired) electrons. The monoisotopic (exact) mass is 382 g/mol. The smallest absolute Gasteiger partial charge is 0.281 e. The summed E-state index contributed by atoms with van der Waals surface area (Å²) in [5, 5.41) is 10.3. The molecule has 0 saturated carbocycles. The molecule has 8 heteroatoms. The van der Waals surface area contributed by atoms with Crippen LogP contribution in [0.1, 0.15) is 37.4 Å². The van der Waals surface area contributed by atoms with E-state index in [1.54, 1.807) is 20.2 Å². The number of fused-ring (bicyclic) bond motifs is 4. The van der Waals surface area contributed by atoms with Gasteiger partial charge in [-0.3, -0.25) is 0 Å². The summed E-state index contributed by atoms with van der Waals surface area (Å²) in [6, 6.07) is 5.40. The molecule has 3 aliphatic rings. The number of nitrogens with zero attached hydrogens (tertiary/aromatic N) is 2. The zero-order valence-corrected chi connectivity index (χ0v) is 16.0. The number of rotatable bonds is 2. The molecule has 0 aromatic heterocycles. The highest BCUT2D eigenvalue weighted by Gasteiger charge is 2.53. The first kappa shape index (κ1) is 18.0. The Hall–Kier alpha value is -1.35. The minimum absolute atomic E-state index is 0.100. The van der Waals surface area contributed by atoms with E-state index in [1.165, 1.54) is 8.61 Å². The lowest BCUT2D eigenvalue weighted by atomic mass is 9.70. The normalized spacial score (nSPS) is 28.4. The van der Waals surface area contributed by atoms with Crippen LogP contribution in [0.25, 0.3) is 0 Å². The Bertz CT molecular complexity index is 787. The largest absolute Gasteiger partial charge is 0.504 e. The van der Waals surface area contributed by atoms with Gasteiger partial charge in [0.15, 0.2) is 11.5 Å². The minimum Gasteiger partial charge on any atom is -0.504 e. The molecule has 0 aliphatic carbocycles. The van der Waals surface area contributed by atoms with Crippen molar-refractivity contribution in [1.82, 2.24) is 8.61 Å². The maximum Gasteiger partial charge on any atom is 0.281 e. The number of hydrogen-bond donors (Lipinski definition) is 1. The first-order valence-electron chi connectivity index (χ1n) is 9.15. The number of phenols is 1. The number of aromatic hydroxyl groups is 1. The van der Waals surface area contributed by atoms with Gasteiger partial charge in [-0.15, -0.1) is 0 Å². The van der Waals surface area contributed by atoms with E-state index < -0.39 is 15.8 Å². The van der Waals surface area contributed by atoms with Crippen molar-refractivity contribution >= 4 is 10.2 Å². The Kier molecular flexibility index (Phi) is 4.42. The standard InChI is InChI=1S/C18H26N2O5S/c1-19(2)26(22,23)20-10-8-18(9-11-20)14-6-4-12-24-16(14)13-5-3-7-15(21)17(13)25-18/h3,5,7,14,16,21H,4,6,8-12H2,1-2H3/t14-,16+/m0/s1. The lowest BCUT2D eigenvalue weighted by molar-refractivity contribution is -0.146. The fourth-order valence-electron chi connectivity index (χ4n) is 4.58. The van der Waals surface area contributed by atoms with E-state index in [2.05, 4.69) is 0 Å². The summed E-state index contributed by atoms with van der Waals surface area (Å²) in [6.45, 7) is 1.52. The highest BCUT2D eigenvalue weighted by molar-refractivity contribution is 7.86. The van der Waals surface area contributed by atoms with Gasteiger partial charge in [0.2, 0.25) is 0 Å². The van der Waals surface area contributed by atoms with Crippen molar-refractivity contribution in [2.24, 2.45) is 5.92 Å². The highest BCUT2D eigenvalue weighted by Crippen LogP contribution is 2.55. The summed E-state index contributed by atoms with van der Waals surface area (Å²) in [5.41, 5.74) is 0.415. The molecule has 2 saturated heterocycles. The predicted molar refractivity (Wildman–Crippen MR) is 96.3 cm³/mol. The Morgan fingerprint density at radius 3 is 2.69 bits per heavy atom. The van der Waals surface area contributed by atoms with E-state index in [0.717, 1.165) is 18.4 Å². The molecule has 1 aromatic rings. The molecule has 144 valence electrons. The number of para-hydroxylation sites is 1. The zero-order valence-electron chi connectivity index (χ0n) is 15.2. The average molecular weight is 382 g/mol. The van der Waals surface area contributed by atoms with Gasteiger partial charge in [0, 0.05) is 58.1 Å². The molecule has 1 N–H and O–H groups in total. The average Bonchev–Trinajstić information content (AvgIpc) is 2.63. The molecule has 2 fully saturated rings. The maximum absolute atomic E-state index is 12.4. The number of hydrogen-bond acceptors (Lipinski definition) is 5. The van der Waals surface area contributed by atoms with Crippen LogP contribution in [-0.4, -0.2) is 61.5 Å². The van der Waals surface area contributed by atoms with Crippen LogP contribution in [0.2, 0.25) is 0 Å². The molecule has 4 rings (SSSR count). The second-order valence-electron chi connectivity index (χ2n) is 7.59. The molecule has 2 atom stereocenters. The molecule has 26 heavy (non-hydrogen) atoms. The van der Waals surface area contributed by atoms with E-state index >= 15 is 0 Å². The number of phenolic OH excluding ortho intramolecular Hbond substituents is 1. The summed E-state index contributed by atoms with van der Waals surface area (Å²) < 4.78 is 40.2. The quantitative estimate of drug-likeness (QED) is 0.845. The molecule has 1 aromatic carbocycles. The van der Waals surface area contributed by atoms with Crippen molar-refractivity contribution < 1.29 is 23.0 Å². The van der Waals surface area contributed by atoms with Crippen LogP contribution in [0.5, 0.6) is 11.5 Å². The topological polar surface area (TPSA) is 79.3 Å². The van der Waals surface area contributed by atoms with Gasteiger partial charge in [-0.05, 0) is 18.9 Å². The fourth-order valence-corrected chi connectivity index (χ4v) is 5.69. The van der Waals surface area contributed by atoms with Crippen LogP contribution in [0.3, 0.4) is 0 Å². The fraction of sp³-hybridized carbons (Fsp3) is 0.667. The number of ether oxygens (including phenoxy) is 2. The summed E-state index contributed by atoms with van der Waals surface area (Å²) in [4.78, 5) is 0. The molecule has 7 nitrogen and oxygen atoms in total. The Labute approximate surface area is 154 Å². The molecule has 0 amide bonds. The van der Waals surface area contributed by atoms with Crippen LogP contribution in [0, 0.1) is 5.92 Å². The van der Waals surface area contributed by atoms with Crippen molar-refractivity contribution in [1.29, 1.82) is 0 Å². The Balaban J connectivity index is 1.66. The lowest BCUT2D eigenvalue weighted by Gasteiger charge is -2.53. The minimum atomic E-state index is -3.42. The van der Waals surface area contributed by atoms with E-state index in [1.807, 2.05) is 12.1 Å². The van der Waals surface area contributed by atoms with Crippen LogP contribution in [0.15, 0.2) is 18.2 Å². The van der Waals surface area contributed by atoms with Gasteiger partial charge in [0.1, 0.15) is 5.60 Å². The summed E-state index contributed by atoms with van der Waals surface area (Å²) in [7, 11) is -0.319. The maximum atomic E-state index is 12.4. The molecule has 3 heterocycles. The Morgan fingerprint density at radius 2 is 2.00 bits per heavy atom. The van der Waals surface area contributed by atoms with Gasteiger partial charge in [-0.25, -0.2) is 0 Å². The van der Waals surface area contributed by atoms with Gasteiger partial charge in [-0.2, -0.15) is 17.0 Å². The third-order valence-corrected chi connectivity index (χ3v) is 7.93. The molecule has 3 aliphatic heterocycles.